The molecule has 1 N–H and O–H groups in total. The van der Waals surface area contributed by atoms with Gasteiger partial charge in [-0.3, -0.25) is 0 Å². The van der Waals surface area contributed by atoms with Gasteiger partial charge in [0.15, 0.2) is 0 Å². The Labute approximate surface area is 142 Å². The van der Waals surface area contributed by atoms with Crippen molar-refractivity contribution in [3.8, 4) is 0 Å². The van der Waals surface area contributed by atoms with Crippen molar-refractivity contribution in [3.63, 3.8) is 0 Å². The highest BCUT2D eigenvalue weighted by atomic mass is 16.5. The summed E-state index contributed by atoms with van der Waals surface area (Å²) >= 11 is 0. The van der Waals surface area contributed by atoms with E-state index in [0.717, 1.165) is 74.8 Å². The molecule has 2 aliphatic rings. The van der Waals surface area contributed by atoms with Crippen LogP contribution in [0.15, 0.2) is 24.3 Å². The third kappa shape index (κ3) is 3.30. The first-order valence-corrected chi connectivity index (χ1v) is 8.85. The Bertz CT molecular complexity index is 693. The minimum absolute atomic E-state index is 0.297. The molecule has 3 heterocycles. The van der Waals surface area contributed by atoms with Crippen LogP contribution in [0.4, 0.5) is 11.8 Å². The molecular formula is C18H25N5O. The van der Waals surface area contributed by atoms with Crippen LogP contribution in [-0.2, 0) is 4.74 Å². The van der Waals surface area contributed by atoms with Crippen molar-refractivity contribution in [1.29, 1.82) is 0 Å². The molecule has 1 atom stereocenters. The maximum absolute atomic E-state index is 5.72. The van der Waals surface area contributed by atoms with Gasteiger partial charge in [-0.2, -0.15) is 4.98 Å². The van der Waals surface area contributed by atoms with Gasteiger partial charge in [0.05, 0.1) is 11.6 Å². The van der Waals surface area contributed by atoms with Crippen molar-refractivity contribution < 1.29 is 4.74 Å². The summed E-state index contributed by atoms with van der Waals surface area (Å²) in [4.78, 5) is 14.3. The van der Waals surface area contributed by atoms with Crippen molar-refractivity contribution >= 4 is 22.7 Å². The fourth-order valence-corrected chi connectivity index (χ4v) is 3.36. The molecular weight excluding hydrogens is 302 g/mol. The molecule has 0 spiro atoms. The number of likely N-dealkylation sites (N-methyl/N-ethyl adjacent to an activating group) is 1. The molecule has 2 aliphatic heterocycles. The van der Waals surface area contributed by atoms with Gasteiger partial charge in [0.25, 0.3) is 0 Å². The number of anilines is 2. The second kappa shape index (κ2) is 6.91. The Morgan fingerprint density at radius 3 is 2.79 bits per heavy atom. The maximum Gasteiger partial charge on any atom is 0.227 e. The predicted octanol–water partition coefficient (Wildman–Crippen LogP) is 1.97. The van der Waals surface area contributed by atoms with E-state index in [1.54, 1.807) is 0 Å². The van der Waals surface area contributed by atoms with Crippen LogP contribution in [-0.4, -0.2) is 67.4 Å². The lowest BCUT2D eigenvalue weighted by Crippen LogP contribution is -2.45. The summed E-state index contributed by atoms with van der Waals surface area (Å²) < 4.78 is 5.72. The average molecular weight is 327 g/mol. The number of hydrogen-bond donors (Lipinski definition) is 1. The molecule has 2 aromatic rings. The summed E-state index contributed by atoms with van der Waals surface area (Å²) in [6.07, 6.45) is 2.58. The molecule has 0 amide bonds. The first-order valence-electron chi connectivity index (χ1n) is 8.85. The highest BCUT2D eigenvalue weighted by Crippen LogP contribution is 2.24. The lowest BCUT2D eigenvalue weighted by atomic mass is 10.2. The largest absolute Gasteiger partial charge is 0.376 e. The lowest BCUT2D eigenvalue weighted by molar-refractivity contribution is 0.120. The van der Waals surface area contributed by atoms with Crippen molar-refractivity contribution in [2.75, 3.05) is 56.6 Å². The van der Waals surface area contributed by atoms with Gasteiger partial charge < -0.3 is 19.9 Å². The van der Waals surface area contributed by atoms with Crippen molar-refractivity contribution in [3.05, 3.63) is 24.3 Å². The van der Waals surface area contributed by atoms with Gasteiger partial charge in [-0.15, -0.1) is 0 Å². The zero-order valence-electron chi connectivity index (χ0n) is 14.2. The molecule has 0 aliphatic carbocycles. The van der Waals surface area contributed by atoms with Crippen LogP contribution in [0.1, 0.15) is 12.8 Å². The van der Waals surface area contributed by atoms with Gasteiger partial charge in [0, 0.05) is 44.7 Å². The van der Waals surface area contributed by atoms with Gasteiger partial charge in [-0.1, -0.05) is 12.1 Å². The smallest absolute Gasteiger partial charge is 0.227 e. The zero-order chi connectivity index (χ0) is 16.4. The molecule has 1 aromatic heterocycles. The van der Waals surface area contributed by atoms with E-state index in [1.165, 1.54) is 0 Å². The summed E-state index contributed by atoms with van der Waals surface area (Å²) in [5.41, 5.74) is 0.997. The fourth-order valence-electron chi connectivity index (χ4n) is 3.36. The molecule has 2 fully saturated rings. The third-order valence-electron chi connectivity index (χ3n) is 4.90. The molecule has 1 aromatic carbocycles. The van der Waals surface area contributed by atoms with Crippen molar-refractivity contribution in [2.45, 2.75) is 18.9 Å². The number of hydrogen-bond acceptors (Lipinski definition) is 6. The molecule has 4 rings (SSSR count). The second-order valence-electron chi connectivity index (χ2n) is 6.70. The summed E-state index contributed by atoms with van der Waals surface area (Å²) in [7, 11) is 2.16. The number of fused-ring (bicyclic) bond motifs is 1. The molecule has 128 valence electrons. The van der Waals surface area contributed by atoms with Crippen LogP contribution in [0.2, 0.25) is 0 Å². The Balaban J connectivity index is 1.60. The molecule has 6 nitrogen and oxygen atoms in total. The van der Waals surface area contributed by atoms with Gasteiger partial charge in [0.1, 0.15) is 5.82 Å². The van der Waals surface area contributed by atoms with Gasteiger partial charge in [-0.05, 0) is 32.0 Å². The van der Waals surface area contributed by atoms with E-state index in [4.69, 9.17) is 14.7 Å². The number of rotatable bonds is 4. The highest BCUT2D eigenvalue weighted by Gasteiger charge is 2.20. The highest BCUT2D eigenvalue weighted by molar-refractivity contribution is 5.90. The number of aromatic nitrogens is 2. The van der Waals surface area contributed by atoms with Crippen LogP contribution in [0, 0.1) is 0 Å². The van der Waals surface area contributed by atoms with Crippen LogP contribution < -0.4 is 10.2 Å². The monoisotopic (exact) mass is 327 g/mol. The van der Waals surface area contributed by atoms with E-state index >= 15 is 0 Å². The predicted molar refractivity (Wildman–Crippen MR) is 96.7 cm³/mol. The topological polar surface area (TPSA) is 53.5 Å². The van der Waals surface area contributed by atoms with Crippen molar-refractivity contribution in [1.82, 2.24) is 14.9 Å². The molecule has 0 saturated carbocycles. The van der Waals surface area contributed by atoms with Crippen LogP contribution in [0.3, 0.4) is 0 Å². The van der Waals surface area contributed by atoms with Gasteiger partial charge >= 0.3 is 0 Å². The normalized spacial score (nSPS) is 22.2. The average Bonchev–Trinajstić information content (AvgIpc) is 3.13. The fraction of sp³-hybridized carbons (Fsp3) is 0.556. The summed E-state index contributed by atoms with van der Waals surface area (Å²) in [5, 5.41) is 4.58. The number of piperazine rings is 1. The lowest BCUT2D eigenvalue weighted by Gasteiger charge is -2.32. The number of ether oxygens (including phenoxy) is 1. The first-order chi connectivity index (χ1) is 11.8. The van der Waals surface area contributed by atoms with E-state index in [2.05, 4.69) is 34.3 Å². The number of nitrogens with one attached hydrogen (secondary N) is 1. The molecule has 0 unspecified atom stereocenters. The molecule has 2 saturated heterocycles. The number of benzene rings is 1. The summed E-state index contributed by atoms with van der Waals surface area (Å²) in [6, 6.07) is 8.22. The third-order valence-corrected chi connectivity index (χ3v) is 4.90. The van der Waals surface area contributed by atoms with Gasteiger partial charge in [-0.25, -0.2) is 4.98 Å². The van der Waals surface area contributed by atoms with E-state index in [0.29, 0.717) is 6.10 Å². The SMILES string of the molecule is CN1CCN(c2nc(NC[C@@H]3CCCO3)c3ccccc3n2)CC1. The first kappa shape index (κ1) is 15.6. The summed E-state index contributed by atoms with van der Waals surface area (Å²) in [5.74, 6) is 1.75. The van der Waals surface area contributed by atoms with Crippen LogP contribution in [0.25, 0.3) is 10.9 Å². The van der Waals surface area contributed by atoms with E-state index in [9.17, 15) is 0 Å². The summed E-state index contributed by atoms with van der Waals surface area (Å²) in [6.45, 7) is 5.73. The Morgan fingerprint density at radius 1 is 1.17 bits per heavy atom. The maximum atomic E-state index is 5.72. The molecule has 24 heavy (non-hydrogen) atoms. The standard InChI is InChI=1S/C18H25N5O/c1-22-8-10-23(11-9-22)18-20-16-7-3-2-6-15(16)17(21-18)19-13-14-5-4-12-24-14/h2-3,6-7,14H,4-5,8-13H2,1H3,(H,19,20,21)/t14-/m0/s1. The van der Waals surface area contributed by atoms with Gasteiger partial charge in [0.2, 0.25) is 5.95 Å². The van der Waals surface area contributed by atoms with Crippen LogP contribution >= 0.6 is 0 Å². The minimum Gasteiger partial charge on any atom is -0.376 e. The Hall–Kier alpha value is -1.92. The van der Waals surface area contributed by atoms with Crippen LogP contribution in [0.5, 0.6) is 0 Å². The second-order valence-corrected chi connectivity index (χ2v) is 6.70. The Kier molecular flexibility index (Phi) is 4.49. The Morgan fingerprint density at radius 2 is 2.00 bits per heavy atom. The number of nitrogens with zero attached hydrogens (tertiary/aromatic N) is 4. The number of para-hydroxylation sites is 1. The van der Waals surface area contributed by atoms with Crippen molar-refractivity contribution in [2.24, 2.45) is 0 Å². The molecule has 6 heteroatoms. The molecule has 0 radical (unpaired) electrons. The quantitative estimate of drug-likeness (QED) is 0.927. The van der Waals surface area contributed by atoms with E-state index in [1.807, 2.05) is 12.1 Å². The zero-order valence-corrected chi connectivity index (χ0v) is 14.2. The van der Waals surface area contributed by atoms with E-state index in [-0.39, 0.29) is 0 Å². The minimum atomic E-state index is 0.297. The van der Waals surface area contributed by atoms with E-state index < -0.39 is 0 Å². The molecule has 0 bridgehead atoms.